The summed E-state index contributed by atoms with van der Waals surface area (Å²) >= 11 is 0. The zero-order chi connectivity index (χ0) is 23.5. The van der Waals surface area contributed by atoms with E-state index in [0.29, 0.717) is 12.8 Å². The summed E-state index contributed by atoms with van der Waals surface area (Å²) in [5, 5.41) is 16.0. The van der Waals surface area contributed by atoms with Crippen LogP contribution in [0, 0.1) is 26.2 Å². The molecule has 2 heterocycles. The number of hydrogen-bond acceptors (Lipinski definition) is 5. The van der Waals surface area contributed by atoms with Crippen molar-refractivity contribution >= 4 is 22.6 Å². The summed E-state index contributed by atoms with van der Waals surface area (Å²) in [6, 6.07) is 12.7. The molecule has 2 aromatic carbocycles. The van der Waals surface area contributed by atoms with Crippen LogP contribution < -0.4 is 5.32 Å². The van der Waals surface area contributed by atoms with Crippen LogP contribution in [0.25, 0.3) is 10.9 Å². The molecule has 1 aromatic heterocycles. The number of aryl methyl sites for hydroxylation is 3. The number of aliphatic hydroxyl groups is 1. The first-order valence-electron chi connectivity index (χ1n) is 11.7. The van der Waals surface area contributed by atoms with E-state index in [1.165, 1.54) is 11.1 Å². The zero-order valence-electron chi connectivity index (χ0n) is 20.1. The number of amides is 1. The van der Waals surface area contributed by atoms with Crippen LogP contribution in [0.2, 0.25) is 0 Å². The Morgan fingerprint density at radius 1 is 1.12 bits per heavy atom. The molecule has 1 saturated carbocycles. The first-order chi connectivity index (χ1) is 15.6. The number of nitrogens with zero attached hydrogens (tertiary/aromatic N) is 3. The minimum atomic E-state index is -0.869. The molecule has 2 aliphatic rings. The number of fused-ring (bicyclic) bond motifs is 1. The first kappa shape index (κ1) is 21.8. The van der Waals surface area contributed by atoms with Gasteiger partial charge in [0.15, 0.2) is 0 Å². The van der Waals surface area contributed by atoms with E-state index >= 15 is 0 Å². The monoisotopic (exact) mass is 444 g/mol. The van der Waals surface area contributed by atoms with Gasteiger partial charge in [0.2, 0.25) is 5.91 Å². The molecule has 6 nitrogen and oxygen atoms in total. The summed E-state index contributed by atoms with van der Waals surface area (Å²) in [4.78, 5) is 22.9. The van der Waals surface area contributed by atoms with Gasteiger partial charge in [0.05, 0.1) is 11.1 Å². The van der Waals surface area contributed by atoms with E-state index in [2.05, 4.69) is 55.6 Å². The van der Waals surface area contributed by atoms with Gasteiger partial charge in [-0.05, 0) is 63.3 Å². The van der Waals surface area contributed by atoms with E-state index in [9.17, 15) is 9.90 Å². The molecule has 1 saturated heterocycles. The highest BCUT2D eigenvalue weighted by Crippen LogP contribution is 2.58. The van der Waals surface area contributed by atoms with Gasteiger partial charge in [0.1, 0.15) is 11.6 Å². The van der Waals surface area contributed by atoms with Crippen LogP contribution >= 0.6 is 0 Å². The maximum atomic E-state index is 11.6. The van der Waals surface area contributed by atoms with Crippen molar-refractivity contribution in [3.63, 3.8) is 0 Å². The molecule has 1 atom stereocenters. The number of rotatable bonds is 4. The van der Waals surface area contributed by atoms with Crippen LogP contribution in [0.1, 0.15) is 60.8 Å². The second-order valence-electron chi connectivity index (χ2n) is 10.3. The van der Waals surface area contributed by atoms with Crippen LogP contribution in [-0.2, 0) is 10.4 Å². The highest BCUT2D eigenvalue weighted by molar-refractivity contribution is 5.92. The Balaban J connectivity index is 1.47. The molecule has 1 spiro atoms. The van der Waals surface area contributed by atoms with Crippen molar-refractivity contribution < 1.29 is 9.90 Å². The van der Waals surface area contributed by atoms with Crippen molar-refractivity contribution in [1.29, 1.82) is 0 Å². The summed E-state index contributed by atoms with van der Waals surface area (Å²) in [7, 11) is 0. The second-order valence-corrected chi connectivity index (χ2v) is 10.3. The van der Waals surface area contributed by atoms with Gasteiger partial charge in [0.25, 0.3) is 0 Å². The SMILES string of the molecule is CC(=O)N1CC2(C1)CC(O)(c1cc(C)c3nc(C)nc(N[C@H](C)c4cccc(C)c4)c3c1)C2. The van der Waals surface area contributed by atoms with Crippen LogP contribution in [0.15, 0.2) is 36.4 Å². The van der Waals surface area contributed by atoms with Crippen LogP contribution in [-0.4, -0.2) is 39.0 Å². The summed E-state index contributed by atoms with van der Waals surface area (Å²) in [5.41, 5.74) is 4.48. The average molecular weight is 445 g/mol. The fourth-order valence-corrected chi connectivity index (χ4v) is 5.73. The van der Waals surface area contributed by atoms with Gasteiger partial charge in [-0.3, -0.25) is 4.79 Å². The lowest BCUT2D eigenvalue weighted by Crippen LogP contribution is -2.67. The molecule has 2 fully saturated rings. The number of likely N-dealkylation sites (tertiary alicyclic amines) is 1. The largest absolute Gasteiger partial charge is 0.385 e. The van der Waals surface area contributed by atoms with Gasteiger partial charge in [-0.1, -0.05) is 35.9 Å². The van der Waals surface area contributed by atoms with E-state index in [1.54, 1.807) is 6.92 Å². The van der Waals surface area contributed by atoms with Crippen molar-refractivity contribution in [2.75, 3.05) is 18.4 Å². The Labute approximate surface area is 195 Å². The fourth-order valence-electron chi connectivity index (χ4n) is 5.73. The number of hydrogen-bond donors (Lipinski definition) is 2. The maximum Gasteiger partial charge on any atom is 0.219 e. The summed E-state index contributed by atoms with van der Waals surface area (Å²) in [6.45, 7) is 11.3. The van der Waals surface area contributed by atoms with Gasteiger partial charge >= 0.3 is 0 Å². The van der Waals surface area contributed by atoms with Crippen molar-refractivity contribution in [1.82, 2.24) is 14.9 Å². The number of nitrogens with one attached hydrogen (secondary N) is 1. The van der Waals surface area contributed by atoms with E-state index in [-0.39, 0.29) is 17.4 Å². The molecule has 2 N–H and O–H groups in total. The Morgan fingerprint density at radius 3 is 2.52 bits per heavy atom. The third-order valence-corrected chi connectivity index (χ3v) is 7.37. The second kappa shape index (κ2) is 7.52. The molecule has 1 aliphatic heterocycles. The maximum absolute atomic E-state index is 11.6. The lowest BCUT2D eigenvalue weighted by molar-refractivity contribution is -0.199. The third-order valence-electron chi connectivity index (χ3n) is 7.37. The molecular weight excluding hydrogens is 412 g/mol. The quantitative estimate of drug-likeness (QED) is 0.617. The predicted octanol–water partition coefficient (Wildman–Crippen LogP) is 4.56. The molecule has 1 amide bonds. The van der Waals surface area contributed by atoms with Crippen molar-refractivity contribution in [2.45, 2.75) is 59.1 Å². The molecule has 0 radical (unpaired) electrons. The first-order valence-corrected chi connectivity index (χ1v) is 11.7. The predicted molar refractivity (Wildman–Crippen MR) is 130 cm³/mol. The highest BCUT2D eigenvalue weighted by Gasteiger charge is 2.60. The highest BCUT2D eigenvalue weighted by atomic mass is 16.3. The van der Waals surface area contributed by atoms with Gasteiger partial charge in [0, 0.05) is 36.9 Å². The van der Waals surface area contributed by atoms with Gasteiger partial charge < -0.3 is 15.3 Å². The number of benzene rings is 2. The number of aromatic nitrogens is 2. The Morgan fingerprint density at radius 2 is 1.85 bits per heavy atom. The van der Waals surface area contributed by atoms with E-state index < -0.39 is 5.60 Å². The summed E-state index contributed by atoms with van der Waals surface area (Å²) in [6.07, 6.45) is 1.37. The number of anilines is 1. The third kappa shape index (κ3) is 3.76. The van der Waals surface area contributed by atoms with Gasteiger partial charge in [-0.25, -0.2) is 9.97 Å². The molecule has 0 unspecified atom stereocenters. The molecule has 0 bridgehead atoms. The summed E-state index contributed by atoms with van der Waals surface area (Å²) in [5.74, 6) is 1.63. The van der Waals surface area contributed by atoms with Crippen molar-refractivity contribution in [3.05, 3.63) is 64.5 Å². The standard InChI is InChI=1S/C27H32N4O2/c1-16-7-6-8-21(9-16)18(3)28-25-23-11-22(10-17(2)24(23)29-19(4)30-25)27(33)12-26(13-27)14-31(15-26)20(5)32/h6-11,18,33H,12-15H2,1-5H3,(H,28,29,30)/t18-/m1/s1. The fraction of sp³-hybridized carbons (Fsp3) is 0.444. The smallest absolute Gasteiger partial charge is 0.219 e. The number of carbonyl (C=O) groups excluding carboxylic acids is 1. The van der Waals surface area contributed by atoms with Gasteiger partial charge in [-0.15, -0.1) is 0 Å². The van der Waals surface area contributed by atoms with E-state index in [1.807, 2.05) is 18.7 Å². The normalized spacial score (nSPS) is 19.2. The van der Waals surface area contributed by atoms with E-state index in [0.717, 1.165) is 46.8 Å². The lowest BCUT2D eigenvalue weighted by Gasteiger charge is -2.62. The van der Waals surface area contributed by atoms with Crippen molar-refractivity contribution in [2.24, 2.45) is 5.41 Å². The molecule has 172 valence electrons. The van der Waals surface area contributed by atoms with Crippen molar-refractivity contribution in [3.8, 4) is 0 Å². The zero-order valence-corrected chi connectivity index (χ0v) is 20.1. The topological polar surface area (TPSA) is 78.4 Å². The Bertz CT molecular complexity index is 1250. The average Bonchev–Trinajstić information content (AvgIpc) is 2.69. The Kier molecular flexibility index (Phi) is 4.98. The minimum absolute atomic E-state index is 0.0633. The summed E-state index contributed by atoms with van der Waals surface area (Å²) < 4.78 is 0. The molecule has 33 heavy (non-hydrogen) atoms. The van der Waals surface area contributed by atoms with Crippen LogP contribution in [0.5, 0.6) is 0 Å². The molecule has 1 aliphatic carbocycles. The van der Waals surface area contributed by atoms with Crippen LogP contribution in [0.4, 0.5) is 5.82 Å². The minimum Gasteiger partial charge on any atom is -0.385 e. The molecule has 6 heteroatoms. The lowest BCUT2D eigenvalue weighted by atomic mass is 9.53. The molecule has 3 aromatic rings. The number of carbonyl (C=O) groups is 1. The van der Waals surface area contributed by atoms with Crippen LogP contribution in [0.3, 0.4) is 0 Å². The Hall–Kier alpha value is -2.99. The van der Waals surface area contributed by atoms with Gasteiger partial charge in [-0.2, -0.15) is 0 Å². The molecule has 5 rings (SSSR count). The van der Waals surface area contributed by atoms with E-state index in [4.69, 9.17) is 9.97 Å². The molecular formula is C27H32N4O2.